The number of nitrogens with zero attached hydrogens (tertiary/aromatic N) is 2. The number of carbonyl (C=O) groups excluding carboxylic acids is 2. The largest absolute Gasteiger partial charge is 0.338 e. The second-order valence-corrected chi connectivity index (χ2v) is 5.38. The first-order valence-corrected chi connectivity index (χ1v) is 7.68. The summed E-state index contributed by atoms with van der Waals surface area (Å²) in [4.78, 5) is 25.5. The van der Waals surface area contributed by atoms with Gasteiger partial charge in [0.25, 0.3) is 0 Å². The molecule has 5 heteroatoms. The number of benzene rings is 2. The van der Waals surface area contributed by atoms with Crippen molar-refractivity contribution in [1.82, 2.24) is 4.90 Å². The summed E-state index contributed by atoms with van der Waals surface area (Å²) in [5.74, 6) is -0.305. The Bertz CT molecular complexity index is 751. The van der Waals surface area contributed by atoms with Crippen LogP contribution in [0.15, 0.2) is 54.6 Å². The first kappa shape index (κ1) is 17.2. The Hall–Kier alpha value is -3.13. The van der Waals surface area contributed by atoms with Crippen LogP contribution in [-0.2, 0) is 16.1 Å². The van der Waals surface area contributed by atoms with Gasteiger partial charge in [0.2, 0.25) is 11.8 Å². The van der Waals surface area contributed by atoms with E-state index in [0.29, 0.717) is 24.3 Å². The van der Waals surface area contributed by atoms with Gasteiger partial charge in [-0.2, -0.15) is 5.26 Å². The van der Waals surface area contributed by atoms with Gasteiger partial charge in [-0.15, -0.1) is 0 Å². The molecule has 0 aliphatic rings. The summed E-state index contributed by atoms with van der Waals surface area (Å²) in [5.41, 5.74) is 1.92. The van der Waals surface area contributed by atoms with E-state index in [4.69, 9.17) is 5.26 Å². The van der Waals surface area contributed by atoms with Crippen molar-refractivity contribution in [2.45, 2.75) is 19.9 Å². The van der Waals surface area contributed by atoms with Crippen molar-refractivity contribution >= 4 is 17.5 Å². The molecule has 0 fully saturated rings. The van der Waals surface area contributed by atoms with Gasteiger partial charge in [-0.1, -0.05) is 42.5 Å². The lowest BCUT2D eigenvalue weighted by Gasteiger charge is -2.21. The third-order valence-electron chi connectivity index (χ3n) is 3.59. The van der Waals surface area contributed by atoms with Crippen LogP contribution in [0.4, 0.5) is 5.69 Å². The third kappa shape index (κ3) is 4.96. The maximum atomic E-state index is 12.1. The second-order valence-electron chi connectivity index (χ2n) is 5.38. The first-order chi connectivity index (χ1) is 11.6. The average molecular weight is 321 g/mol. The summed E-state index contributed by atoms with van der Waals surface area (Å²) < 4.78 is 0. The zero-order valence-corrected chi connectivity index (χ0v) is 13.5. The Balaban J connectivity index is 1.93. The summed E-state index contributed by atoms with van der Waals surface area (Å²) in [5, 5.41) is 11.8. The van der Waals surface area contributed by atoms with Crippen LogP contribution in [0.1, 0.15) is 24.5 Å². The van der Waals surface area contributed by atoms with Crippen LogP contribution in [0, 0.1) is 11.3 Å². The zero-order valence-electron chi connectivity index (χ0n) is 13.5. The van der Waals surface area contributed by atoms with Crippen LogP contribution in [0.2, 0.25) is 0 Å². The summed E-state index contributed by atoms with van der Waals surface area (Å²) in [6.07, 6.45) is 0.173. The summed E-state index contributed by atoms with van der Waals surface area (Å²) >= 11 is 0. The van der Waals surface area contributed by atoms with Crippen molar-refractivity contribution in [2.75, 3.05) is 11.9 Å². The van der Waals surface area contributed by atoms with Gasteiger partial charge >= 0.3 is 0 Å². The van der Waals surface area contributed by atoms with Crippen molar-refractivity contribution in [1.29, 1.82) is 5.26 Å². The van der Waals surface area contributed by atoms with Gasteiger partial charge in [0.15, 0.2) is 0 Å². The van der Waals surface area contributed by atoms with E-state index in [1.54, 1.807) is 29.2 Å². The van der Waals surface area contributed by atoms with Crippen LogP contribution in [0.3, 0.4) is 0 Å². The molecule has 24 heavy (non-hydrogen) atoms. The topological polar surface area (TPSA) is 73.2 Å². The quantitative estimate of drug-likeness (QED) is 0.889. The Morgan fingerprint density at radius 3 is 2.42 bits per heavy atom. The maximum Gasteiger partial charge on any atom is 0.226 e. The summed E-state index contributed by atoms with van der Waals surface area (Å²) in [6.45, 7) is 2.29. The van der Waals surface area contributed by atoms with E-state index in [2.05, 4.69) is 5.32 Å². The van der Waals surface area contributed by atoms with Crippen LogP contribution in [0.5, 0.6) is 0 Å². The monoisotopic (exact) mass is 321 g/mol. The minimum absolute atomic E-state index is 0.0796. The smallest absolute Gasteiger partial charge is 0.226 e. The van der Waals surface area contributed by atoms with Crippen molar-refractivity contribution in [3.63, 3.8) is 0 Å². The highest BCUT2D eigenvalue weighted by molar-refractivity contribution is 5.92. The van der Waals surface area contributed by atoms with Gasteiger partial charge < -0.3 is 10.2 Å². The number of hydrogen-bond donors (Lipinski definition) is 1. The zero-order chi connectivity index (χ0) is 17.4. The van der Waals surface area contributed by atoms with Crippen LogP contribution in [0.25, 0.3) is 0 Å². The van der Waals surface area contributed by atoms with Gasteiger partial charge in [0.1, 0.15) is 6.07 Å². The predicted octanol–water partition coefficient (Wildman–Crippen LogP) is 2.94. The molecule has 0 aliphatic carbocycles. The predicted molar refractivity (Wildman–Crippen MR) is 91.9 cm³/mol. The Labute approximate surface area is 141 Å². The number of nitrogens with one attached hydrogen (secondary N) is 1. The molecule has 0 saturated heterocycles. The fraction of sp³-hybridized carbons (Fsp3) is 0.211. The van der Waals surface area contributed by atoms with Gasteiger partial charge in [0, 0.05) is 26.4 Å². The van der Waals surface area contributed by atoms with Gasteiger partial charge in [-0.3, -0.25) is 9.59 Å². The Morgan fingerprint density at radius 1 is 1.08 bits per heavy atom. The molecule has 2 aromatic rings. The van der Waals surface area contributed by atoms with Gasteiger partial charge in [0.05, 0.1) is 11.3 Å². The highest BCUT2D eigenvalue weighted by atomic mass is 16.2. The normalized spacial score (nSPS) is 9.83. The van der Waals surface area contributed by atoms with E-state index in [-0.39, 0.29) is 18.2 Å². The molecule has 0 bridgehead atoms. The van der Waals surface area contributed by atoms with Crippen LogP contribution < -0.4 is 5.32 Å². The number of amides is 2. The third-order valence-corrected chi connectivity index (χ3v) is 3.59. The molecule has 0 saturated carbocycles. The summed E-state index contributed by atoms with van der Waals surface area (Å²) in [7, 11) is 0. The van der Waals surface area contributed by atoms with E-state index >= 15 is 0 Å². The fourth-order valence-corrected chi connectivity index (χ4v) is 2.29. The van der Waals surface area contributed by atoms with E-state index in [1.165, 1.54) is 6.92 Å². The Kier molecular flexibility index (Phi) is 6.09. The molecule has 0 aromatic heterocycles. The highest BCUT2D eigenvalue weighted by Gasteiger charge is 2.12. The molecule has 0 spiro atoms. The lowest BCUT2D eigenvalue weighted by Crippen LogP contribution is -2.31. The number of rotatable bonds is 6. The molecule has 0 aliphatic heterocycles. The minimum Gasteiger partial charge on any atom is -0.338 e. The molecule has 0 atom stereocenters. The van der Waals surface area contributed by atoms with E-state index in [0.717, 1.165) is 5.56 Å². The molecular weight excluding hydrogens is 302 g/mol. The van der Waals surface area contributed by atoms with Crippen molar-refractivity contribution in [3.05, 3.63) is 65.7 Å². The van der Waals surface area contributed by atoms with Crippen LogP contribution >= 0.6 is 0 Å². The maximum absolute atomic E-state index is 12.1. The average Bonchev–Trinajstić information content (AvgIpc) is 2.59. The van der Waals surface area contributed by atoms with Crippen molar-refractivity contribution in [2.24, 2.45) is 0 Å². The van der Waals surface area contributed by atoms with E-state index in [9.17, 15) is 9.59 Å². The molecule has 0 unspecified atom stereocenters. The van der Waals surface area contributed by atoms with Gasteiger partial charge in [-0.25, -0.2) is 0 Å². The fourth-order valence-electron chi connectivity index (χ4n) is 2.29. The highest BCUT2D eigenvalue weighted by Crippen LogP contribution is 2.14. The Morgan fingerprint density at radius 2 is 1.75 bits per heavy atom. The molecular formula is C19H19N3O2. The van der Waals surface area contributed by atoms with Gasteiger partial charge in [-0.05, 0) is 17.7 Å². The number of anilines is 1. The SMILES string of the molecule is CC(=O)N(CCC(=O)Nc1ccccc1C#N)Cc1ccccc1. The molecule has 0 radical (unpaired) electrons. The van der Waals surface area contributed by atoms with Crippen molar-refractivity contribution in [3.8, 4) is 6.07 Å². The molecule has 0 heterocycles. The summed E-state index contributed by atoms with van der Waals surface area (Å²) in [6, 6.07) is 18.5. The number of carbonyl (C=O) groups is 2. The molecule has 2 aromatic carbocycles. The second kappa shape index (κ2) is 8.49. The molecule has 2 amide bonds. The van der Waals surface area contributed by atoms with Crippen LogP contribution in [-0.4, -0.2) is 23.3 Å². The number of nitriles is 1. The van der Waals surface area contributed by atoms with E-state index < -0.39 is 0 Å². The lowest BCUT2D eigenvalue weighted by molar-refractivity contribution is -0.129. The molecule has 2 rings (SSSR count). The number of hydrogen-bond acceptors (Lipinski definition) is 3. The minimum atomic E-state index is -0.225. The standard InChI is InChI=1S/C19H19N3O2/c1-15(23)22(14-16-7-3-2-4-8-16)12-11-19(24)21-18-10-6-5-9-17(18)13-20/h2-10H,11-12,14H2,1H3,(H,21,24). The van der Waals surface area contributed by atoms with E-state index in [1.807, 2.05) is 36.4 Å². The molecule has 5 nitrogen and oxygen atoms in total. The molecule has 1 N–H and O–H groups in total. The first-order valence-electron chi connectivity index (χ1n) is 7.68. The number of para-hydroxylation sites is 1. The molecule has 122 valence electrons. The van der Waals surface area contributed by atoms with Crippen molar-refractivity contribution < 1.29 is 9.59 Å². The lowest BCUT2D eigenvalue weighted by atomic mass is 10.2.